The molecule has 142 valence electrons. The highest BCUT2D eigenvalue weighted by Crippen LogP contribution is 2.20. The van der Waals surface area contributed by atoms with Crippen LogP contribution in [0.1, 0.15) is 24.2 Å². The van der Waals surface area contributed by atoms with Crippen LogP contribution in [0.2, 0.25) is 5.02 Å². The molecule has 0 radical (unpaired) electrons. The van der Waals surface area contributed by atoms with E-state index in [-0.39, 0.29) is 5.91 Å². The average molecular weight is 394 g/mol. The predicted molar refractivity (Wildman–Crippen MR) is 111 cm³/mol. The first-order valence-electron chi connectivity index (χ1n) is 9.02. The molecule has 1 unspecified atom stereocenters. The standard InChI is InChI=1S/C21H20ClN5O/c1-14-20(22)13-27(25-14)15(2)21(28)24-18-10-23-26(12-18)11-17-8-5-7-16-6-3-4-9-19(16)17/h3-10,12-13,15H,11H2,1-2H3,(H,24,28). The average Bonchev–Trinajstić information content (AvgIpc) is 3.27. The third kappa shape index (κ3) is 3.64. The molecule has 0 fully saturated rings. The van der Waals surface area contributed by atoms with Crippen molar-refractivity contribution in [3.8, 4) is 0 Å². The first-order chi connectivity index (χ1) is 13.5. The highest BCUT2D eigenvalue weighted by molar-refractivity contribution is 6.31. The van der Waals surface area contributed by atoms with Crippen molar-refractivity contribution in [2.45, 2.75) is 26.4 Å². The van der Waals surface area contributed by atoms with Crippen LogP contribution in [0.3, 0.4) is 0 Å². The van der Waals surface area contributed by atoms with Crippen molar-refractivity contribution in [2.75, 3.05) is 5.32 Å². The Balaban J connectivity index is 1.47. The molecular formula is C21H20ClN5O. The summed E-state index contributed by atoms with van der Waals surface area (Å²) in [6.07, 6.45) is 5.13. The van der Waals surface area contributed by atoms with E-state index in [4.69, 9.17) is 11.6 Å². The lowest BCUT2D eigenvalue weighted by atomic mass is 10.0. The number of anilines is 1. The Bertz CT molecular complexity index is 1120. The smallest absolute Gasteiger partial charge is 0.249 e. The Morgan fingerprint density at radius 3 is 2.75 bits per heavy atom. The molecule has 0 saturated carbocycles. The zero-order valence-corrected chi connectivity index (χ0v) is 16.4. The molecule has 0 aliphatic rings. The molecule has 7 heteroatoms. The van der Waals surface area contributed by atoms with E-state index in [1.54, 1.807) is 30.9 Å². The lowest BCUT2D eigenvalue weighted by molar-refractivity contribution is -0.119. The molecular weight excluding hydrogens is 374 g/mol. The molecule has 28 heavy (non-hydrogen) atoms. The van der Waals surface area contributed by atoms with Gasteiger partial charge in [0.15, 0.2) is 0 Å². The molecule has 6 nitrogen and oxygen atoms in total. The summed E-state index contributed by atoms with van der Waals surface area (Å²) in [5, 5.41) is 14.5. The van der Waals surface area contributed by atoms with E-state index in [1.165, 1.54) is 16.3 Å². The molecule has 2 aromatic heterocycles. The minimum absolute atomic E-state index is 0.177. The second-order valence-electron chi connectivity index (χ2n) is 6.77. The fourth-order valence-corrected chi connectivity index (χ4v) is 3.28. The maximum atomic E-state index is 12.5. The van der Waals surface area contributed by atoms with Gasteiger partial charge < -0.3 is 5.32 Å². The number of nitrogens with zero attached hydrogens (tertiary/aromatic N) is 4. The molecule has 4 aromatic rings. The Kier molecular flexibility index (Phi) is 4.88. The van der Waals surface area contributed by atoms with Gasteiger partial charge in [0, 0.05) is 12.4 Å². The molecule has 0 aliphatic heterocycles. The molecule has 0 spiro atoms. The van der Waals surface area contributed by atoms with Crippen LogP contribution in [-0.2, 0) is 11.3 Å². The number of hydrogen-bond acceptors (Lipinski definition) is 3. The van der Waals surface area contributed by atoms with Crippen molar-refractivity contribution >= 4 is 34.0 Å². The monoisotopic (exact) mass is 393 g/mol. The molecule has 2 aromatic carbocycles. The van der Waals surface area contributed by atoms with Crippen molar-refractivity contribution in [3.63, 3.8) is 0 Å². The number of fused-ring (bicyclic) bond motifs is 1. The summed E-state index contributed by atoms with van der Waals surface area (Å²) in [4.78, 5) is 12.5. The lowest BCUT2D eigenvalue weighted by Gasteiger charge is -2.11. The number of aromatic nitrogens is 4. The number of carbonyl (C=O) groups is 1. The van der Waals surface area contributed by atoms with Gasteiger partial charge in [0.25, 0.3) is 0 Å². The minimum Gasteiger partial charge on any atom is -0.322 e. The van der Waals surface area contributed by atoms with Crippen LogP contribution in [-0.4, -0.2) is 25.5 Å². The van der Waals surface area contributed by atoms with Gasteiger partial charge in [-0.15, -0.1) is 0 Å². The van der Waals surface area contributed by atoms with Gasteiger partial charge in [0.1, 0.15) is 6.04 Å². The third-order valence-electron chi connectivity index (χ3n) is 4.75. The number of halogens is 1. The predicted octanol–water partition coefficient (Wildman–Crippen LogP) is 4.44. The van der Waals surface area contributed by atoms with Gasteiger partial charge in [-0.2, -0.15) is 10.2 Å². The number of amides is 1. The van der Waals surface area contributed by atoms with Crippen molar-refractivity contribution in [1.29, 1.82) is 0 Å². The van der Waals surface area contributed by atoms with Crippen LogP contribution in [0.25, 0.3) is 10.8 Å². The zero-order valence-electron chi connectivity index (χ0n) is 15.6. The maximum Gasteiger partial charge on any atom is 0.249 e. The largest absolute Gasteiger partial charge is 0.322 e. The Morgan fingerprint density at radius 2 is 1.96 bits per heavy atom. The third-order valence-corrected chi connectivity index (χ3v) is 5.12. The highest BCUT2D eigenvalue weighted by atomic mass is 35.5. The van der Waals surface area contributed by atoms with E-state index in [1.807, 2.05) is 29.1 Å². The second kappa shape index (κ2) is 7.48. The summed E-state index contributed by atoms with van der Waals surface area (Å²) in [5.41, 5.74) is 2.52. The molecule has 1 N–H and O–H groups in total. The SMILES string of the molecule is Cc1nn(C(C)C(=O)Nc2cnn(Cc3cccc4ccccc34)c2)cc1Cl. The van der Waals surface area contributed by atoms with E-state index >= 15 is 0 Å². The molecule has 0 saturated heterocycles. The number of aryl methyl sites for hydroxylation is 1. The van der Waals surface area contributed by atoms with Gasteiger partial charge in [-0.3, -0.25) is 14.2 Å². The quantitative estimate of drug-likeness (QED) is 0.545. The van der Waals surface area contributed by atoms with Gasteiger partial charge >= 0.3 is 0 Å². The summed E-state index contributed by atoms with van der Waals surface area (Å²) in [5.74, 6) is -0.177. The van der Waals surface area contributed by atoms with Gasteiger partial charge in [0.05, 0.1) is 29.1 Å². The molecule has 0 aliphatic carbocycles. The first kappa shape index (κ1) is 18.3. The molecule has 1 atom stereocenters. The maximum absolute atomic E-state index is 12.5. The Labute approximate surface area is 167 Å². The number of nitrogens with one attached hydrogen (secondary N) is 1. The van der Waals surface area contributed by atoms with Crippen LogP contribution in [0.15, 0.2) is 61.1 Å². The first-order valence-corrected chi connectivity index (χ1v) is 9.40. The number of hydrogen-bond donors (Lipinski definition) is 1. The number of rotatable bonds is 5. The van der Waals surface area contributed by atoms with Crippen molar-refractivity contribution < 1.29 is 4.79 Å². The van der Waals surface area contributed by atoms with E-state index in [0.717, 1.165) is 0 Å². The zero-order chi connectivity index (χ0) is 19.7. The van der Waals surface area contributed by atoms with Crippen molar-refractivity contribution in [1.82, 2.24) is 19.6 Å². The summed E-state index contributed by atoms with van der Waals surface area (Å²) in [6, 6.07) is 14.0. The summed E-state index contributed by atoms with van der Waals surface area (Å²) < 4.78 is 3.38. The van der Waals surface area contributed by atoms with Crippen LogP contribution < -0.4 is 5.32 Å². The normalized spacial score (nSPS) is 12.2. The minimum atomic E-state index is -0.479. The van der Waals surface area contributed by atoms with Gasteiger partial charge in [0.2, 0.25) is 5.91 Å². The summed E-state index contributed by atoms with van der Waals surface area (Å²) in [6.45, 7) is 4.21. The molecule has 4 rings (SSSR count). The molecule has 0 bridgehead atoms. The summed E-state index contributed by atoms with van der Waals surface area (Å²) in [7, 11) is 0. The van der Waals surface area contributed by atoms with Crippen molar-refractivity contribution in [2.24, 2.45) is 0 Å². The highest BCUT2D eigenvalue weighted by Gasteiger charge is 2.18. The van der Waals surface area contributed by atoms with E-state index in [0.29, 0.717) is 22.9 Å². The number of benzene rings is 2. The van der Waals surface area contributed by atoms with Crippen LogP contribution >= 0.6 is 11.6 Å². The molecule has 1 amide bonds. The van der Waals surface area contributed by atoms with Crippen LogP contribution in [0, 0.1) is 6.92 Å². The summed E-state index contributed by atoms with van der Waals surface area (Å²) >= 11 is 6.03. The fourth-order valence-electron chi connectivity index (χ4n) is 3.14. The van der Waals surface area contributed by atoms with Gasteiger partial charge in [-0.1, -0.05) is 54.1 Å². The van der Waals surface area contributed by atoms with E-state index in [9.17, 15) is 4.79 Å². The topological polar surface area (TPSA) is 64.7 Å². The molecule has 2 heterocycles. The second-order valence-corrected chi connectivity index (χ2v) is 7.18. The lowest BCUT2D eigenvalue weighted by Crippen LogP contribution is -2.23. The van der Waals surface area contributed by atoms with Crippen LogP contribution in [0.5, 0.6) is 0 Å². The van der Waals surface area contributed by atoms with E-state index < -0.39 is 6.04 Å². The fraction of sp³-hybridized carbons (Fsp3) is 0.190. The van der Waals surface area contributed by atoms with E-state index in [2.05, 4.69) is 39.8 Å². The Morgan fingerprint density at radius 1 is 1.18 bits per heavy atom. The van der Waals surface area contributed by atoms with Crippen LogP contribution in [0.4, 0.5) is 5.69 Å². The van der Waals surface area contributed by atoms with Gasteiger partial charge in [-0.05, 0) is 30.2 Å². The van der Waals surface area contributed by atoms with Gasteiger partial charge in [-0.25, -0.2) is 0 Å². The van der Waals surface area contributed by atoms with Crippen molar-refractivity contribution in [3.05, 3.63) is 77.3 Å². The number of carbonyl (C=O) groups excluding carboxylic acids is 1. The Hall–Kier alpha value is -3.12.